The molecule has 2 aromatic rings. The Hall–Kier alpha value is -2.29. The lowest BCUT2D eigenvalue weighted by Gasteiger charge is -2.16. The molecule has 0 saturated carbocycles. The van der Waals surface area contributed by atoms with Crippen molar-refractivity contribution in [1.82, 2.24) is 0 Å². The second kappa shape index (κ2) is 7.48. The maximum Gasteiger partial charge on any atom is 0.224 e. The van der Waals surface area contributed by atoms with Crippen LogP contribution in [0.5, 0.6) is 0 Å². The van der Waals surface area contributed by atoms with Crippen LogP contribution in [0.15, 0.2) is 54.6 Å². The fraction of sp³-hybridized carbons (Fsp3) is 0.278. The quantitative estimate of drug-likeness (QED) is 0.813. The molecule has 0 bridgehead atoms. The van der Waals surface area contributed by atoms with Crippen LogP contribution in [0.3, 0.4) is 0 Å². The van der Waals surface area contributed by atoms with E-state index in [4.69, 9.17) is 0 Å². The molecule has 3 nitrogen and oxygen atoms in total. The van der Waals surface area contributed by atoms with Crippen molar-refractivity contribution >= 4 is 17.3 Å². The Balaban J connectivity index is 1.95. The highest BCUT2D eigenvalue weighted by Gasteiger charge is 2.05. The highest BCUT2D eigenvalue weighted by molar-refractivity contribution is 5.90. The minimum Gasteiger partial charge on any atom is -0.379 e. The second-order valence-corrected chi connectivity index (χ2v) is 5.15. The molecule has 0 aliphatic heterocycles. The van der Waals surface area contributed by atoms with E-state index in [9.17, 15) is 4.79 Å². The van der Waals surface area contributed by atoms with Gasteiger partial charge in [-0.25, -0.2) is 0 Å². The lowest BCUT2D eigenvalue weighted by molar-refractivity contribution is -0.116. The van der Waals surface area contributed by atoms with Crippen LogP contribution < -0.4 is 10.6 Å². The Morgan fingerprint density at radius 2 is 1.62 bits per heavy atom. The second-order valence-electron chi connectivity index (χ2n) is 5.15. The van der Waals surface area contributed by atoms with Crippen LogP contribution in [0, 0.1) is 0 Å². The molecular weight excluding hydrogens is 260 g/mol. The first-order valence-corrected chi connectivity index (χ1v) is 7.40. The number of benzene rings is 2. The van der Waals surface area contributed by atoms with Gasteiger partial charge in [0.25, 0.3) is 0 Å². The summed E-state index contributed by atoms with van der Waals surface area (Å²) in [6.07, 6.45) is 1.42. The van der Waals surface area contributed by atoms with Crippen LogP contribution in [0.4, 0.5) is 11.4 Å². The van der Waals surface area contributed by atoms with E-state index in [0.29, 0.717) is 6.42 Å². The predicted octanol–water partition coefficient (Wildman–Crippen LogP) is 4.60. The molecule has 2 N–H and O–H groups in total. The molecule has 0 heterocycles. The summed E-state index contributed by atoms with van der Waals surface area (Å²) in [5.74, 6) is 0.0656. The van der Waals surface area contributed by atoms with E-state index in [1.165, 1.54) is 5.56 Å². The van der Waals surface area contributed by atoms with Crippen molar-refractivity contribution in [2.45, 2.75) is 32.7 Å². The Kier molecular flexibility index (Phi) is 5.38. The van der Waals surface area contributed by atoms with Gasteiger partial charge in [0.05, 0.1) is 0 Å². The Morgan fingerprint density at radius 3 is 2.24 bits per heavy atom. The third-order valence-corrected chi connectivity index (χ3v) is 3.33. The summed E-state index contributed by atoms with van der Waals surface area (Å²) in [6.45, 7) is 4.13. The number of carbonyl (C=O) groups excluding carboxylic acids is 1. The summed E-state index contributed by atoms with van der Waals surface area (Å²) in [5.41, 5.74) is 3.13. The molecule has 2 aromatic carbocycles. The van der Waals surface area contributed by atoms with Crippen molar-refractivity contribution in [3.05, 3.63) is 60.2 Å². The third kappa shape index (κ3) is 4.63. The van der Waals surface area contributed by atoms with E-state index >= 15 is 0 Å². The molecule has 0 aliphatic rings. The van der Waals surface area contributed by atoms with Gasteiger partial charge in [-0.1, -0.05) is 37.3 Å². The number of nitrogens with one attached hydrogen (secondary N) is 2. The minimum atomic E-state index is 0.0656. The van der Waals surface area contributed by atoms with Crippen LogP contribution in [0.1, 0.15) is 38.3 Å². The Bertz CT molecular complexity index is 564. The molecule has 21 heavy (non-hydrogen) atoms. The maximum atomic E-state index is 11.5. The molecule has 1 atom stereocenters. The topological polar surface area (TPSA) is 41.1 Å². The predicted molar refractivity (Wildman–Crippen MR) is 88.5 cm³/mol. The zero-order chi connectivity index (χ0) is 15.1. The van der Waals surface area contributed by atoms with Crippen molar-refractivity contribution in [2.75, 3.05) is 10.6 Å². The Morgan fingerprint density at radius 1 is 1.00 bits per heavy atom. The van der Waals surface area contributed by atoms with Crippen LogP contribution in [-0.2, 0) is 4.79 Å². The van der Waals surface area contributed by atoms with Gasteiger partial charge >= 0.3 is 0 Å². The standard InChI is InChI=1S/C18H22N2O/c1-3-7-18(21)20-17-12-10-16(11-13-17)19-14(2)15-8-5-4-6-9-15/h4-6,8-14,19H,3,7H2,1-2H3,(H,20,21). The van der Waals surface area contributed by atoms with Gasteiger partial charge in [-0.15, -0.1) is 0 Å². The summed E-state index contributed by atoms with van der Waals surface area (Å²) in [6, 6.07) is 18.4. The van der Waals surface area contributed by atoms with E-state index in [1.807, 2.05) is 49.4 Å². The highest BCUT2D eigenvalue weighted by Crippen LogP contribution is 2.20. The number of hydrogen-bond donors (Lipinski definition) is 2. The van der Waals surface area contributed by atoms with Crippen molar-refractivity contribution in [1.29, 1.82) is 0 Å². The van der Waals surface area contributed by atoms with E-state index in [-0.39, 0.29) is 11.9 Å². The number of amides is 1. The van der Waals surface area contributed by atoms with E-state index in [1.54, 1.807) is 0 Å². The first-order chi connectivity index (χ1) is 10.2. The summed E-state index contributed by atoms with van der Waals surface area (Å²) in [7, 11) is 0. The SMILES string of the molecule is CCCC(=O)Nc1ccc(NC(C)c2ccccc2)cc1. The first-order valence-electron chi connectivity index (χ1n) is 7.40. The van der Waals surface area contributed by atoms with Crippen LogP contribution >= 0.6 is 0 Å². The lowest BCUT2D eigenvalue weighted by atomic mass is 10.1. The summed E-state index contributed by atoms with van der Waals surface area (Å²) in [4.78, 5) is 11.5. The number of carbonyl (C=O) groups is 1. The van der Waals surface area contributed by atoms with Crippen molar-refractivity contribution in [3.8, 4) is 0 Å². The van der Waals surface area contributed by atoms with Crippen LogP contribution in [0.25, 0.3) is 0 Å². The molecule has 2 rings (SSSR count). The summed E-state index contributed by atoms with van der Waals surface area (Å²) >= 11 is 0. The molecule has 1 unspecified atom stereocenters. The molecular formula is C18H22N2O. The van der Waals surface area contributed by atoms with E-state index < -0.39 is 0 Å². The molecule has 3 heteroatoms. The van der Waals surface area contributed by atoms with Gasteiger partial charge in [0.1, 0.15) is 0 Å². The number of anilines is 2. The zero-order valence-corrected chi connectivity index (χ0v) is 12.6. The van der Waals surface area contributed by atoms with Gasteiger partial charge in [-0.05, 0) is 43.2 Å². The van der Waals surface area contributed by atoms with Crippen LogP contribution in [-0.4, -0.2) is 5.91 Å². The molecule has 0 aliphatic carbocycles. The number of hydrogen-bond acceptors (Lipinski definition) is 2. The fourth-order valence-electron chi connectivity index (χ4n) is 2.18. The smallest absolute Gasteiger partial charge is 0.224 e. The largest absolute Gasteiger partial charge is 0.379 e. The monoisotopic (exact) mass is 282 g/mol. The molecule has 1 amide bonds. The third-order valence-electron chi connectivity index (χ3n) is 3.33. The van der Waals surface area contributed by atoms with Crippen LogP contribution in [0.2, 0.25) is 0 Å². The zero-order valence-electron chi connectivity index (χ0n) is 12.6. The van der Waals surface area contributed by atoms with Gasteiger partial charge < -0.3 is 10.6 Å². The van der Waals surface area contributed by atoms with Crippen molar-refractivity contribution < 1.29 is 4.79 Å². The van der Waals surface area contributed by atoms with Crippen molar-refractivity contribution in [3.63, 3.8) is 0 Å². The Labute approximate surface area is 126 Å². The maximum absolute atomic E-state index is 11.5. The minimum absolute atomic E-state index is 0.0656. The molecule has 0 saturated heterocycles. The van der Waals surface area contributed by atoms with Gasteiger partial charge in [0, 0.05) is 23.8 Å². The average Bonchev–Trinajstić information content (AvgIpc) is 2.50. The van der Waals surface area contributed by atoms with Gasteiger partial charge in [-0.2, -0.15) is 0 Å². The van der Waals surface area contributed by atoms with Gasteiger partial charge in [0.15, 0.2) is 0 Å². The van der Waals surface area contributed by atoms with Gasteiger partial charge in [-0.3, -0.25) is 4.79 Å². The van der Waals surface area contributed by atoms with Crippen molar-refractivity contribution in [2.24, 2.45) is 0 Å². The number of rotatable bonds is 6. The highest BCUT2D eigenvalue weighted by atomic mass is 16.1. The first kappa shape index (κ1) is 15.1. The molecule has 110 valence electrons. The summed E-state index contributed by atoms with van der Waals surface area (Å²) < 4.78 is 0. The normalized spacial score (nSPS) is 11.7. The molecule has 0 aromatic heterocycles. The molecule has 0 fully saturated rings. The van der Waals surface area contributed by atoms with E-state index in [0.717, 1.165) is 17.8 Å². The molecule has 0 radical (unpaired) electrons. The lowest BCUT2D eigenvalue weighted by Crippen LogP contribution is -2.10. The molecule has 0 spiro atoms. The summed E-state index contributed by atoms with van der Waals surface area (Å²) in [5, 5.41) is 6.34. The van der Waals surface area contributed by atoms with Gasteiger partial charge in [0.2, 0.25) is 5.91 Å². The fourth-order valence-corrected chi connectivity index (χ4v) is 2.18. The van der Waals surface area contributed by atoms with E-state index in [2.05, 4.69) is 29.7 Å². The average molecular weight is 282 g/mol.